The van der Waals surface area contributed by atoms with Crippen molar-refractivity contribution in [2.24, 2.45) is 5.92 Å². The van der Waals surface area contributed by atoms with Gasteiger partial charge in [-0.1, -0.05) is 24.3 Å². The summed E-state index contributed by atoms with van der Waals surface area (Å²) in [5.74, 6) is 0.184. The van der Waals surface area contributed by atoms with Gasteiger partial charge in [0.05, 0.1) is 15.1 Å². The van der Waals surface area contributed by atoms with Crippen LogP contribution in [0, 0.1) is 19.8 Å². The zero-order valence-electron chi connectivity index (χ0n) is 21.8. The van der Waals surface area contributed by atoms with Gasteiger partial charge in [-0.05, 0) is 101 Å². The number of sulfonamides is 1. The lowest BCUT2D eigenvalue weighted by molar-refractivity contribution is 0.0986. The van der Waals surface area contributed by atoms with Crippen LogP contribution in [-0.2, 0) is 10.0 Å². The van der Waals surface area contributed by atoms with Crippen LogP contribution in [-0.4, -0.2) is 68.8 Å². The molecular formula is C27H36N4O3S2. The standard InChI is InChI=1S/C27H36N4O3S2/c1-19-8-6-14-30(18-19)36(33,34)23-11-9-22(10-12-23)26(32)31(15-7-13-29(4)5)27-28-24-17-20(2)16-21(3)25(24)35-27/h9-12,16-17,19H,6-8,13-15,18H2,1-5H3. The second-order valence-corrected chi connectivity index (χ2v) is 13.1. The third-order valence-corrected chi connectivity index (χ3v) is 9.74. The molecule has 1 amide bonds. The van der Waals surface area contributed by atoms with Crippen LogP contribution in [0.15, 0.2) is 41.3 Å². The summed E-state index contributed by atoms with van der Waals surface area (Å²) in [5.41, 5.74) is 3.64. The van der Waals surface area contributed by atoms with Crippen molar-refractivity contribution in [3.8, 4) is 0 Å². The Kier molecular flexibility index (Phi) is 8.14. The van der Waals surface area contributed by atoms with Crippen molar-refractivity contribution in [2.75, 3.05) is 45.2 Å². The predicted molar refractivity (Wildman–Crippen MR) is 148 cm³/mol. The highest BCUT2D eigenvalue weighted by Gasteiger charge is 2.29. The molecule has 194 valence electrons. The number of hydrogen-bond donors (Lipinski definition) is 0. The number of aryl methyl sites for hydroxylation is 2. The van der Waals surface area contributed by atoms with E-state index in [1.807, 2.05) is 27.1 Å². The van der Waals surface area contributed by atoms with Crippen molar-refractivity contribution in [3.63, 3.8) is 0 Å². The molecule has 0 N–H and O–H groups in total. The molecule has 0 bridgehead atoms. The topological polar surface area (TPSA) is 73.8 Å². The van der Waals surface area contributed by atoms with Gasteiger partial charge in [-0.3, -0.25) is 9.69 Å². The highest BCUT2D eigenvalue weighted by Crippen LogP contribution is 2.33. The second kappa shape index (κ2) is 11.0. The van der Waals surface area contributed by atoms with Gasteiger partial charge >= 0.3 is 0 Å². The van der Waals surface area contributed by atoms with Crippen molar-refractivity contribution in [1.82, 2.24) is 14.2 Å². The average molecular weight is 529 g/mol. The molecule has 36 heavy (non-hydrogen) atoms. The van der Waals surface area contributed by atoms with E-state index < -0.39 is 10.0 Å². The number of thiazole rings is 1. The van der Waals surface area contributed by atoms with Crippen LogP contribution < -0.4 is 4.90 Å². The first-order chi connectivity index (χ1) is 17.1. The smallest absolute Gasteiger partial charge is 0.260 e. The summed E-state index contributed by atoms with van der Waals surface area (Å²) < 4.78 is 28.9. The summed E-state index contributed by atoms with van der Waals surface area (Å²) in [4.78, 5) is 22.5. The highest BCUT2D eigenvalue weighted by atomic mass is 32.2. The second-order valence-electron chi connectivity index (χ2n) is 10.2. The minimum Gasteiger partial charge on any atom is -0.309 e. The Hall–Kier alpha value is -2.33. The number of anilines is 1. The summed E-state index contributed by atoms with van der Waals surface area (Å²) in [7, 11) is 0.457. The van der Waals surface area contributed by atoms with E-state index in [1.54, 1.807) is 33.5 Å². The first kappa shape index (κ1) is 26.7. The van der Waals surface area contributed by atoms with Crippen molar-refractivity contribution in [1.29, 1.82) is 0 Å². The number of piperidine rings is 1. The summed E-state index contributed by atoms with van der Waals surface area (Å²) in [6.45, 7) is 8.66. The van der Waals surface area contributed by atoms with E-state index in [0.717, 1.165) is 47.2 Å². The van der Waals surface area contributed by atoms with Gasteiger partial charge < -0.3 is 4.90 Å². The number of amides is 1. The predicted octanol–water partition coefficient (Wildman–Crippen LogP) is 4.93. The SMILES string of the molecule is Cc1cc(C)c2sc(N(CCCN(C)C)C(=O)c3ccc(S(=O)(=O)N4CCCC(C)C4)cc3)nc2c1. The third kappa shape index (κ3) is 5.80. The minimum absolute atomic E-state index is 0.169. The maximum absolute atomic E-state index is 13.7. The fraction of sp³-hybridized carbons (Fsp3) is 0.481. The number of fused-ring (bicyclic) bond motifs is 1. The number of rotatable bonds is 8. The number of carbonyl (C=O) groups is 1. The molecule has 1 atom stereocenters. The highest BCUT2D eigenvalue weighted by molar-refractivity contribution is 7.89. The number of carbonyl (C=O) groups excluding carboxylic acids is 1. The lowest BCUT2D eigenvalue weighted by atomic mass is 10.0. The summed E-state index contributed by atoms with van der Waals surface area (Å²) >= 11 is 1.53. The van der Waals surface area contributed by atoms with Gasteiger partial charge in [-0.15, -0.1) is 0 Å². The molecule has 7 nitrogen and oxygen atoms in total. The van der Waals surface area contributed by atoms with E-state index in [9.17, 15) is 13.2 Å². The van der Waals surface area contributed by atoms with Crippen molar-refractivity contribution >= 4 is 42.6 Å². The number of nitrogens with zero attached hydrogens (tertiary/aromatic N) is 4. The van der Waals surface area contributed by atoms with Gasteiger partial charge in [0.25, 0.3) is 5.91 Å². The fourth-order valence-electron chi connectivity index (χ4n) is 4.75. The Labute approximate surface area is 218 Å². The van der Waals surface area contributed by atoms with E-state index >= 15 is 0 Å². The molecule has 9 heteroatoms. The quantitative estimate of drug-likeness (QED) is 0.414. The molecular weight excluding hydrogens is 492 g/mol. The van der Waals surface area contributed by atoms with Crippen molar-refractivity contribution < 1.29 is 13.2 Å². The first-order valence-corrected chi connectivity index (χ1v) is 14.8. The molecule has 0 spiro atoms. The molecule has 1 aliphatic heterocycles. The van der Waals surface area contributed by atoms with Crippen LogP contribution in [0.25, 0.3) is 10.2 Å². The van der Waals surface area contributed by atoms with E-state index in [4.69, 9.17) is 4.98 Å². The van der Waals surface area contributed by atoms with Crippen LogP contribution in [0.1, 0.15) is 47.7 Å². The summed E-state index contributed by atoms with van der Waals surface area (Å²) in [6.07, 6.45) is 2.72. The summed E-state index contributed by atoms with van der Waals surface area (Å²) in [5, 5.41) is 0.668. The van der Waals surface area contributed by atoms with E-state index in [2.05, 4.69) is 24.8 Å². The van der Waals surface area contributed by atoms with Crippen molar-refractivity contribution in [2.45, 2.75) is 44.9 Å². The lowest BCUT2D eigenvalue weighted by Crippen LogP contribution is -2.39. The Balaban J connectivity index is 1.62. The molecule has 1 aliphatic rings. The fourth-order valence-corrected chi connectivity index (χ4v) is 7.39. The molecule has 1 fully saturated rings. The molecule has 4 rings (SSSR count). The Morgan fingerprint density at radius 3 is 2.53 bits per heavy atom. The van der Waals surface area contributed by atoms with Gasteiger partial charge in [0, 0.05) is 25.2 Å². The number of benzene rings is 2. The average Bonchev–Trinajstić information content (AvgIpc) is 3.25. The molecule has 0 radical (unpaired) electrons. The molecule has 0 aliphatic carbocycles. The normalized spacial score (nSPS) is 17.1. The van der Waals surface area contributed by atoms with E-state index in [1.165, 1.54) is 11.3 Å². The van der Waals surface area contributed by atoms with E-state index in [-0.39, 0.29) is 10.8 Å². The van der Waals surface area contributed by atoms with Crippen LogP contribution in [0.3, 0.4) is 0 Å². The molecule has 1 aromatic heterocycles. The van der Waals surface area contributed by atoms with Gasteiger partial charge in [0.2, 0.25) is 10.0 Å². The monoisotopic (exact) mass is 528 g/mol. The molecule has 2 heterocycles. The van der Waals surface area contributed by atoms with E-state index in [0.29, 0.717) is 36.2 Å². The van der Waals surface area contributed by atoms with Gasteiger partial charge in [-0.25, -0.2) is 13.4 Å². The Bertz CT molecular complexity index is 1330. The molecule has 1 unspecified atom stereocenters. The van der Waals surface area contributed by atoms with Crippen LogP contribution in [0.5, 0.6) is 0 Å². The molecule has 2 aromatic carbocycles. The zero-order valence-corrected chi connectivity index (χ0v) is 23.5. The van der Waals surface area contributed by atoms with Crippen LogP contribution in [0.4, 0.5) is 5.13 Å². The van der Waals surface area contributed by atoms with Crippen LogP contribution >= 0.6 is 11.3 Å². The maximum Gasteiger partial charge on any atom is 0.260 e. The third-order valence-electron chi connectivity index (χ3n) is 6.63. The Morgan fingerprint density at radius 2 is 1.86 bits per heavy atom. The molecule has 0 saturated carbocycles. The zero-order chi connectivity index (χ0) is 26.0. The maximum atomic E-state index is 13.7. The van der Waals surface area contributed by atoms with Crippen LogP contribution in [0.2, 0.25) is 0 Å². The lowest BCUT2D eigenvalue weighted by Gasteiger charge is -2.30. The van der Waals surface area contributed by atoms with Crippen molar-refractivity contribution in [3.05, 3.63) is 53.1 Å². The number of aromatic nitrogens is 1. The Morgan fingerprint density at radius 1 is 1.14 bits per heavy atom. The minimum atomic E-state index is -3.57. The van der Waals surface area contributed by atoms with Gasteiger partial charge in [0.1, 0.15) is 0 Å². The largest absolute Gasteiger partial charge is 0.309 e. The first-order valence-electron chi connectivity index (χ1n) is 12.5. The number of hydrogen-bond acceptors (Lipinski definition) is 6. The van der Waals surface area contributed by atoms with Gasteiger partial charge in [-0.2, -0.15) is 4.31 Å². The molecule has 3 aromatic rings. The molecule has 1 saturated heterocycles. The summed E-state index contributed by atoms with van der Waals surface area (Å²) in [6, 6.07) is 10.6. The van der Waals surface area contributed by atoms with Gasteiger partial charge in [0.15, 0.2) is 5.13 Å².